The number of rotatable bonds is 5. The van der Waals surface area contributed by atoms with Crippen molar-refractivity contribution in [1.29, 1.82) is 0 Å². The van der Waals surface area contributed by atoms with Gasteiger partial charge in [-0.3, -0.25) is 24.3 Å². The fourth-order valence-electron chi connectivity index (χ4n) is 4.93. The van der Waals surface area contributed by atoms with Gasteiger partial charge >= 0.3 is 0 Å². The first-order valence-electron chi connectivity index (χ1n) is 12.4. The van der Waals surface area contributed by atoms with E-state index in [1.54, 1.807) is 29.3 Å². The molecule has 0 bridgehead atoms. The molecule has 1 fully saturated rings. The zero-order valence-corrected chi connectivity index (χ0v) is 20.2. The summed E-state index contributed by atoms with van der Waals surface area (Å²) in [7, 11) is 0. The van der Waals surface area contributed by atoms with Crippen LogP contribution in [0.15, 0.2) is 79.0 Å². The minimum absolute atomic E-state index is 0.143. The van der Waals surface area contributed by atoms with Crippen molar-refractivity contribution < 1.29 is 14.4 Å². The highest BCUT2D eigenvalue weighted by molar-refractivity contribution is 6.22. The molecule has 8 heteroatoms. The molecule has 4 aromatic rings. The zero-order valence-electron chi connectivity index (χ0n) is 20.2. The molecule has 37 heavy (non-hydrogen) atoms. The second kappa shape index (κ2) is 9.46. The lowest BCUT2D eigenvalue weighted by molar-refractivity contribution is 0.0655. The van der Waals surface area contributed by atoms with Crippen LogP contribution < -0.4 is 4.90 Å². The van der Waals surface area contributed by atoms with Crippen molar-refractivity contribution in [2.45, 2.75) is 6.42 Å². The minimum atomic E-state index is -0.342. The summed E-state index contributed by atoms with van der Waals surface area (Å²) in [4.78, 5) is 53.5. The van der Waals surface area contributed by atoms with E-state index >= 15 is 0 Å². The standard InChI is InChI=1S/C29H25N5O3/c35-27(33-16-14-32(15-17-33)26-19-30-24-8-4-5-9-25(24)31-26)21-10-11-22-23(18-21)29(37)34(28(22)36)13-12-20-6-2-1-3-7-20/h1-11,18-19H,12-17H2. The molecule has 2 aliphatic rings. The molecule has 8 nitrogen and oxygen atoms in total. The Balaban J connectivity index is 1.12. The highest BCUT2D eigenvalue weighted by atomic mass is 16.2. The first-order chi connectivity index (χ1) is 18.1. The van der Waals surface area contributed by atoms with Gasteiger partial charge in [-0.05, 0) is 42.3 Å². The van der Waals surface area contributed by atoms with E-state index in [2.05, 4.69) is 9.88 Å². The Kier molecular flexibility index (Phi) is 5.84. The number of fused-ring (bicyclic) bond motifs is 2. The Labute approximate surface area is 214 Å². The summed E-state index contributed by atoms with van der Waals surface area (Å²) in [5, 5.41) is 0. The molecule has 2 aliphatic heterocycles. The van der Waals surface area contributed by atoms with Crippen molar-refractivity contribution in [3.05, 3.63) is 101 Å². The third kappa shape index (κ3) is 4.31. The van der Waals surface area contributed by atoms with E-state index in [1.807, 2.05) is 54.6 Å². The van der Waals surface area contributed by atoms with Crippen LogP contribution in [0, 0.1) is 0 Å². The molecule has 0 atom stereocenters. The fourth-order valence-corrected chi connectivity index (χ4v) is 4.93. The van der Waals surface area contributed by atoms with Crippen LogP contribution in [0.5, 0.6) is 0 Å². The van der Waals surface area contributed by atoms with Crippen LogP contribution in [-0.2, 0) is 6.42 Å². The zero-order chi connectivity index (χ0) is 25.4. The van der Waals surface area contributed by atoms with E-state index in [9.17, 15) is 14.4 Å². The Morgan fingerprint density at radius 1 is 0.784 bits per heavy atom. The summed E-state index contributed by atoms with van der Waals surface area (Å²) in [6.45, 7) is 2.63. The van der Waals surface area contributed by atoms with Crippen molar-refractivity contribution in [1.82, 2.24) is 19.8 Å². The molecule has 1 saturated heterocycles. The largest absolute Gasteiger partial charge is 0.352 e. The van der Waals surface area contributed by atoms with Crippen LogP contribution in [0.3, 0.4) is 0 Å². The van der Waals surface area contributed by atoms with Crippen LogP contribution >= 0.6 is 0 Å². The van der Waals surface area contributed by atoms with E-state index in [1.165, 1.54) is 4.90 Å². The number of amides is 3. The Bertz CT molecular complexity index is 1510. The van der Waals surface area contributed by atoms with Gasteiger partial charge in [-0.15, -0.1) is 0 Å². The third-order valence-corrected chi connectivity index (χ3v) is 7.01. The van der Waals surface area contributed by atoms with Crippen LogP contribution in [0.2, 0.25) is 0 Å². The molecule has 0 aliphatic carbocycles. The van der Waals surface area contributed by atoms with Gasteiger partial charge in [0.25, 0.3) is 17.7 Å². The summed E-state index contributed by atoms with van der Waals surface area (Å²) in [5.74, 6) is 0.00313. The average Bonchev–Trinajstić information content (AvgIpc) is 3.20. The van der Waals surface area contributed by atoms with Crippen LogP contribution in [-0.4, -0.2) is 70.2 Å². The molecule has 0 spiro atoms. The molecule has 3 aromatic carbocycles. The monoisotopic (exact) mass is 491 g/mol. The summed E-state index contributed by atoms with van der Waals surface area (Å²) in [5.41, 5.74) is 3.83. The molecule has 6 rings (SSSR count). The lowest BCUT2D eigenvalue weighted by Gasteiger charge is -2.35. The normalized spacial score (nSPS) is 15.4. The number of anilines is 1. The second-order valence-electron chi connectivity index (χ2n) is 9.25. The number of aromatic nitrogens is 2. The van der Waals surface area contributed by atoms with Gasteiger partial charge in [0.05, 0.1) is 28.4 Å². The van der Waals surface area contributed by atoms with Gasteiger partial charge < -0.3 is 9.80 Å². The third-order valence-electron chi connectivity index (χ3n) is 7.01. The van der Waals surface area contributed by atoms with Gasteiger partial charge in [0.2, 0.25) is 0 Å². The van der Waals surface area contributed by atoms with Gasteiger partial charge in [-0.25, -0.2) is 4.98 Å². The number of carbonyl (C=O) groups excluding carboxylic acids is 3. The van der Waals surface area contributed by atoms with Crippen LogP contribution in [0.25, 0.3) is 11.0 Å². The number of nitrogens with zero attached hydrogens (tertiary/aromatic N) is 5. The molecular weight excluding hydrogens is 466 g/mol. The smallest absolute Gasteiger partial charge is 0.261 e. The number of para-hydroxylation sites is 2. The molecule has 0 radical (unpaired) electrons. The Morgan fingerprint density at radius 3 is 2.27 bits per heavy atom. The second-order valence-corrected chi connectivity index (χ2v) is 9.25. The van der Waals surface area contributed by atoms with E-state index < -0.39 is 0 Å². The lowest BCUT2D eigenvalue weighted by Crippen LogP contribution is -2.49. The number of imide groups is 1. The van der Waals surface area contributed by atoms with Crippen LogP contribution in [0.4, 0.5) is 5.82 Å². The van der Waals surface area contributed by atoms with Crippen molar-refractivity contribution >= 4 is 34.6 Å². The topological polar surface area (TPSA) is 86.7 Å². The maximum atomic E-state index is 13.3. The van der Waals surface area contributed by atoms with Gasteiger partial charge in [0.1, 0.15) is 5.82 Å². The molecule has 0 N–H and O–H groups in total. The fraction of sp³-hybridized carbons (Fsp3) is 0.207. The number of hydrogen-bond donors (Lipinski definition) is 0. The summed E-state index contributed by atoms with van der Waals surface area (Å²) < 4.78 is 0. The maximum absolute atomic E-state index is 13.3. The Morgan fingerprint density at radius 2 is 1.49 bits per heavy atom. The molecule has 3 amide bonds. The number of carbonyl (C=O) groups is 3. The quantitative estimate of drug-likeness (QED) is 0.398. The lowest BCUT2D eigenvalue weighted by atomic mass is 10.0. The van der Waals surface area contributed by atoms with Gasteiger partial charge in [-0.1, -0.05) is 42.5 Å². The maximum Gasteiger partial charge on any atom is 0.261 e. The molecule has 0 unspecified atom stereocenters. The van der Waals surface area contributed by atoms with Gasteiger partial charge in [0.15, 0.2) is 0 Å². The number of piperazine rings is 1. The molecule has 3 heterocycles. The predicted molar refractivity (Wildman–Crippen MR) is 140 cm³/mol. The van der Waals surface area contributed by atoms with Gasteiger partial charge in [-0.2, -0.15) is 0 Å². The molecule has 1 aromatic heterocycles. The molecular formula is C29H25N5O3. The summed E-state index contributed by atoms with van der Waals surface area (Å²) in [6.07, 6.45) is 2.36. The minimum Gasteiger partial charge on any atom is -0.352 e. The van der Waals surface area contributed by atoms with E-state index in [0.29, 0.717) is 55.8 Å². The number of hydrogen-bond acceptors (Lipinski definition) is 6. The molecule has 0 saturated carbocycles. The highest BCUT2D eigenvalue weighted by Gasteiger charge is 2.36. The van der Waals surface area contributed by atoms with Gasteiger partial charge in [0, 0.05) is 38.3 Å². The first-order valence-corrected chi connectivity index (χ1v) is 12.4. The highest BCUT2D eigenvalue weighted by Crippen LogP contribution is 2.25. The predicted octanol–water partition coefficient (Wildman–Crippen LogP) is 3.43. The summed E-state index contributed by atoms with van der Waals surface area (Å²) in [6, 6.07) is 22.3. The van der Waals surface area contributed by atoms with E-state index in [4.69, 9.17) is 4.98 Å². The molecule has 184 valence electrons. The summed E-state index contributed by atoms with van der Waals surface area (Å²) >= 11 is 0. The van der Waals surface area contributed by atoms with Crippen molar-refractivity contribution in [2.24, 2.45) is 0 Å². The number of benzene rings is 3. The van der Waals surface area contributed by atoms with Crippen molar-refractivity contribution in [3.8, 4) is 0 Å². The van der Waals surface area contributed by atoms with Crippen LogP contribution in [0.1, 0.15) is 36.6 Å². The van der Waals surface area contributed by atoms with Crippen molar-refractivity contribution in [2.75, 3.05) is 37.6 Å². The van der Waals surface area contributed by atoms with Crippen molar-refractivity contribution in [3.63, 3.8) is 0 Å². The SMILES string of the molecule is O=C(c1ccc2c(c1)C(=O)N(CCc1ccccc1)C2=O)N1CCN(c2cnc3ccccc3n2)CC1. The first kappa shape index (κ1) is 22.8. The van der Waals surface area contributed by atoms with E-state index in [-0.39, 0.29) is 17.7 Å². The van der Waals surface area contributed by atoms with E-state index in [0.717, 1.165) is 22.4 Å². The average molecular weight is 492 g/mol. The Hall–Kier alpha value is -4.59.